The Morgan fingerprint density at radius 2 is 1.40 bits per heavy atom. The van der Waals surface area contributed by atoms with Gasteiger partial charge in [-0.05, 0) is 30.2 Å². The number of Topliss-reactive ketones (excluding diaryl/α,β-unsaturated/α-hetero) is 1. The fourth-order valence-corrected chi connectivity index (χ4v) is 2.86. The molecule has 3 aromatic rings. The van der Waals surface area contributed by atoms with Crippen molar-refractivity contribution >= 4 is 5.78 Å². The Morgan fingerprint density at radius 1 is 0.840 bits per heavy atom. The molecule has 0 aliphatic heterocycles. The highest BCUT2D eigenvalue weighted by atomic mass is 16.3. The van der Waals surface area contributed by atoms with E-state index < -0.39 is 0 Å². The van der Waals surface area contributed by atoms with Crippen LogP contribution in [0.5, 0.6) is 0 Å². The minimum Gasteiger partial charge on any atom is -0.458 e. The van der Waals surface area contributed by atoms with Crippen LogP contribution in [0.15, 0.2) is 77.2 Å². The molecule has 0 N–H and O–H groups in total. The number of hydrogen-bond acceptors (Lipinski definition) is 3. The van der Waals surface area contributed by atoms with E-state index in [4.69, 9.17) is 4.42 Å². The summed E-state index contributed by atoms with van der Waals surface area (Å²) >= 11 is 0. The summed E-state index contributed by atoms with van der Waals surface area (Å²) in [5.41, 5.74) is 2.50. The van der Waals surface area contributed by atoms with Gasteiger partial charge in [0.1, 0.15) is 5.76 Å². The van der Waals surface area contributed by atoms with Crippen molar-refractivity contribution in [2.24, 2.45) is 0 Å². The molecule has 0 radical (unpaired) electrons. The number of rotatable bonds is 8. The van der Waals surface area contributed by atoms with Crippen molar-refractivity contribution < 1.29 is 9.21 Å². The zero-order chi connectivity index (χ0) is 17.5. The Balaban J connectivity index is 1.66. The molecule has 3 rings (SSSR count). The SMILES string of the molecule is Cc1ccc(C(=O)CCN(Cc2ccccc2)Cc2ccccc2)o1. The summed E-state index contributed by atoms with van der Waals surface area (Å²) in [7, 11) is 0. The van der Waals surface area contributed by atoms with Gasteiger partial charge in [-0.15, -0.1) is 0 Å². The number of nitrogens with zero attached hydrogens (tertiary/aromatic N) is 1. The first-order valence-electron chi connectivity index (χ1n) is 8.60. The maximum absolute atomic E-state index is 12.3. The average molecular weight is 333 g/mol. The average Bonchev–Trinajstić information content (AvgIpc) is 3.08. The van der Waals surface area contributed by atoms with Crippen LogP contribution in [-0.2, 0) is 13.1 Å². The molecule has 0 aliphatic carbocycles. The predicted octanol–water partition coefficient (Wildman–Crippen LogP) is 4.86. The minimum atomic E-state index is 0.0548. The zero-order valence-corrected chi connectivity index (χ0v) is 14.5. The number of hydrogen-bond donors (Lipinski definition) is 0. The van der Waals surface area contributed by atoms with Gasteiger partial charge in [0.2, 0.25) is 0 Å². The van der Waals surface area contributed by atoms with Crippen LogP contribution in [0, 0.1) is 6.92 Å². The lowest BCUT2D eigenvalue weighted by atomic mass is 10.1. The summed E-state index contributed by atoms with van der Waals surface area (Å²) in [5, 5.41) is 0. The molecule has 128 valence electrons. The van der Waals surface area contributed by atoms with E-state index in [2.05, 4.69) is 29.2 Å². The zero-order valence-electron chi connectivity index (χ0n) is 14.5. The van der Waals surface area contributed by atoms with Crippen molar-refractivity contribution in [1.29, 1.82) is 0 Å². The Labute approximate surface area is 148 Å². The molecule has 0 atom stereocenters. The van der Waals surface area contributed by atoms with E-state index in [1.807, 2.05) is 49.4 Å². The van der Waals surface area contributed by atoms with Gasteiger partial charge in [-0.2, -0.15) is 0 Å². The largest absolute Gasteiger partial charge is 0.458 e. The van der Waals surface area contributed by atoms with E-state index in [1.165, 1.54) is 11.1 Å². The summed E-state index contributed by atoms with van der Waals surface area (Å²) in [5.74, 6) is 1.28. The standard InChI is InChI=1S/C22H23NO2/c1-18-12-13-22(25-18)21(24)14-15-23(16-19-8-4-2-5-9-19)17-20-10-6-3-7-11-20/h2-13H,14-17H2,1H3. The molecule has 25 heavy (non-hydrogen) atoms. The van der Waals surface area contributed by atoms with Crippen LogP contribution in [0.4, 0.5) is 0 Å². The molecule has 3 heteroatoms. The van der Waals surface area contributed by atoms with Crippen LogP contribution in [0.2, 0.25) is 0 Å². The molecule has 0 saturated carbocycles. The van der Waals surface area contributed by atoms with Gasteiger partial charge in [-0.1, -0.05) is 60.7 Å². The van der Waals surface area contributed by atoms with E-state index >= 15 is 0 Å². The number of furan rings is 1. The van der Waals surface area contributed by atoms with Crippen molar-refractivity contribution in [3.63, 3.8) is 0 Å². The third-order valence-corrected chi connectivity index (χ3v) is 4.17. The van der Waals surface area contributed by atoms with Crippen molar-refractivity contribution in [1.82, 2.24) is 4.90 Å². The highest BCUT2D eigenvalue weighted by Crippen LogP contribution is 2.13. The Bertz CT molecular complexity index is 752. The van der Waals surface area contributed by atoms with Gasteiger partial charge in [0.15, 0.2) is 11.5 Å². The van der Waals surface area contributed by atoms with Crippen LogP contribution in [0.3, 0.4) is 0 Å². The van der Waals surface area contributed by atoms with Gasteiger partial charge in [-0.3, -0.25) is 9.69 Å². The van der Waals surface area contributed by atoms with E-state index in [0.29, 0.717) is 18.7 Å². The lowest BCUT2D eigenvalue weighted by molar-refractivity contribution is 0.0931. The third kappa shape index (κ3) is 5.16. The maximum atomic E-state index is 12.3. The third-order valence-electron chi connectivity index (χ3n) is 4.17. The first kappa shape index (κ1) is 17.2. The summed E-state index contributed by atoms with van der Waals surface area (Å²) in [6.07, 6.45) is 0.451. The molecule has 0 spiro atoms. The smallest absolute Gasteiger partial charge is 0.199 e. The molecular formula is C22H23NO2. The molecule has 0 aliphatic rings. The Hall–Kier alpha value is -2.65. The number of ketones is 1. The van der Waals surface area contributed by atoms with Crippen molar-refractivity contribution in [2.75, 3.05) is 6.54 Å². The molecular weight excluding hydrogens is 310 g/mol. The van der Waals surface area contributed by atoms with Gasteiger partial charge in [0.25, 0.3) is 0 Å². The molecule has 0 amide bonds. The van der Waals surface area contributed by atoms with Crippen molar-refractivity contribution in [3.8, 4) is 0 Å². The van der Waals surface area contributed by atoms with Crippen LogP contribution in [0.1, 0.15) is 33.9 Å². The monoisotopic (exact) mass is 333 g/mol. The molecule has 0 bridgehead atoms. The highest BCUT2D eigenvalue weighted by Gasteiger charge is 2.14. The van der Waals surface area contributed by atoms with Gasteiger partial charge in [-0.25, -0.2) is 0 Å². The quantitative estimate of drug-likeness (QED) is 0.552. The predicted molar refractivity (Wildman–Crippen MR) is 99.4 cm³/mol. The topological polar surface area (TPSA) is 33.5 Å². The summed E-state index contributed by atoms with van der Waals surface area (Å²) < 4.78 is 5.45. The van der Waals surface area contributed by atoms with E-state index in [-0.39, 0.29) is 5.78 Å². The summed E-state index contributed by atoms with van der Waals surface area (Å²) in [6.45, 7) is 4.19. The van der Waals surface area contributed by atoms with Crippen LogP contribution in [-0.4, -0.2) is 17.2 Å². The van der Waals surface area contributed by atoms with Crippen LogP contribution < -0.4 is 0 Å². The Morgan fingerprint density at radius 3 is 1.88 bits per heavy atom. The number of carbonyl (C=O) groups is 1. The molecule has 0 unspecified atom stereocenters. The van der Waals surface area contributed by atoms with E-state index in [9.17, 15) is 4.79 Å². The fourth-order valence-electron chi connectivity index (χ4n) is 2.86. The van der Waals surface area contributed by atoms with E-state index in [0.717, 1.165) is 18.8 Å². The molecule has 0 saturated heterocycles. The van der Waals surface area contributed by atoms with Crippen molar-refractivity contribution in [3.05, 3.63) is 95.4 Å². The second-order valence-corrected chi connectivity index (χ2v) is 6.27. The van der Waals surface area contributed by atoms with Gasteiger partial charge in [0.05, 0.1) is 0 Å². The number of aryl methyl sites for hydroxylation is 1. The normalized spacial score (nSPS) is 11.0. The second-order valence-electron chi connectivity index (χ2n) is 6.27. The summed E-state index contributed by atoms with van der Waals surface area (Å²) in [6, 6.07) is 24.3. The summed E-state index contributed by atoms with van der Waals surface area (Å²) in [4.78, 5) is 14.7. The molecule has 1 aromatic heterocycles. The fraction of sp³-hybridized carbons (Fsp3) is 0.227. The Kier molecular flexibility index (Phi) is 5.81. The van der Waals surface area contributed by atoms with Gasteiger partial charge < -0.3 is 4.42 Å². The minimum absolute atomic E-state index is 0.0548. The maximum Gasteiger partial charge on any atom is 0.199 e. The van der Waals surface area contributed by atoms with Gasteiger partial charge in [0, 0.05) is 26.1 Å². The van der Waals surface area contributed by atoms with Crippen LogP contribution >= 0.6 is 0 Å². The first-order valence-corrected chi connectivity index (χ1v) is 8.60. The molecule has 0 fully saturated rings. The lowest BCUT2D eigenvalue weighted by Crippen LogP contribution is -2.25. The lowest BCUT2D eigenvalue weighted by Gasteiger charge is -2.22. The number of benzene rings is 2. The molecule has 3 nitrogen and oxygen atoms in total. The molecule has 1 heterocycles. The highest BCUT2D eigenvalue weighted by molar-refractivity contribution is 5.93. The van der Waals surface area contributed by atoms with Crippen molar-refractivity contribution in [2.45, 2.75) is 26.4 Å². The van der Waals surface area contributed by atoms with Gasteiger partial charge >= 0.3 is 0 Å². The molecule has 2 aromatic carbocycles. The van der Waals surface area contributed by atoms with E-state index in [1.54, 1.807) is 6.07 Å². The van der Waals surface area contributed by atoms with Crippen LogP contribution in [0.25, 0.3) is 0 Å². The second kappa shape index (κ2) is 8.45. The number of carbonyl (C=O) groups excluding carboxylic acids is 1. The first-order chi connectivity index (χ1) is 12.2.